The summed E-state index contributed by atoms with van der Waals surface area (Å²) in [4.78, 5) is 27.3. The van der Waals surface area contributed by atoms with Gasteiger partial charge in [0, 0.05) is 17.0 Å². The van der Waals surface area contributed by atoms with E-state index in [1.807, 2.05) is 30.3 Å². The number of hydrogen-bond acceptors (Lipinski definition) is 5. The van der Waals surface area contributed by atoms with E-state index >= 15 is 0 Å². The molecule has 6 heteroatoms. The molecule has 0 spiro atoms. The fraction of sp³-hybridized carbons (Fsp3) is 0.0556. The predicted molar refractivity (Wildman–Crippen MR) is 92.5 cm³/mol. The maximum Gasteiger partial charge on any atom is 0.363 e. The van der Waals surface area contributed by atoms with E-state index < -0.39 is 11.9 Å². The van der Waals surface area contributed by atoms with Gasteiger partial charge >= 0.3 is 11.9 Å². The van der Waals surface area contributed by atoms with Crippen molar-refractivity contribution in [3.05, 3.63) is 69.8 Å². The van der Waals surface area contributed by atoms with Gasteiger partial charge in [0.05, 0.1) is 0 Å². The molecule has 0 amide bonds. The van der Waals surface area contributed by atoms with Crippen molar-refractivity contribution in [3.8, 4) is 5.75 Å². The summed E-state index contributed by atoms with van der Waals surface area (Å²) in [6.07, 6.45) is 1.58. The standard InChI is InChI=1S/C18H12BrNO4/c1-11(21)23-14-7-8-15(19)13(9-14)10-16-18(22)24-17(20-16)12-5-3-2-4-6-12/h2-10H,1H3. The molecule has 0 aliphatic carbocycles. The Kier molecular flexibility index (Phi) is 4.57. The Labute approximate surface area is 146 Å². The zero-order chi connectivity index (χ0) is 17.1. The maximum atomic E-state index is 12.0. The van der Waals surface area contributed by atoms with Gasteiger partial charge < -0.3 is 9.47 Å². The van der Waals surface area contributed by atoms with Gasteiger partial charge in [-0.05, 0) is 42.0 Å². The lowest BCUT2D eigenvalue weighted by Crippen LogP contribution is -2.05. The number of benzene rings is 2. The molecule has 120 valence electrons. The van der Waals surface area contributed by atoms with Crippen molar-refractivity contribution in [1.29, 1.82) is 0 Å². The third-order valence-electron chi connectivity index (χ3n) is 3.16. The fourth-order valence-electron chi connectivity index (χ4n) is 2.12. The van der Waals surface area contributed by atoms with Crippen LogP contribution in [0.1, 0.15) is 18.1 Å². The Bertz CT molecular complexity index is 872. The maximum absolute atomic E-state index is 12.0. The van der Waals surface area contributed by atoms with Crippen molar-refractivity contribution in [2.24, 2.45) is 4.99 Å². The fourth-order valence-corrected chi connectivity index (χ4v) is 2.48. The number of ether oxygens (including phenoxy) is 2. The lowest BCUT2D eigenvalue weighted by atomic mass is 10.2. The van der Waals surface area contributed by atoms with Crippen LogP contribution in [0.2, 0.25) is 0 Å². The van der Waals surface area contributed by atoms with Crippen LogP contribution < -0.4 is 4.74 Å². The summed E-state index contributed by atoms with van der Waals surface area (Å²) < 4.78 is 11.0. The number of hydrogen-bond donors (Lipinski definition) is 0. The molecule has 0 atom stereocenters. The van der Waals surface area contributed by atoms with Gasteiger partial charge in [-0.15, -0.1) is 0 Å². The molecule has 0 fully saturated rings. The first-order valence-electron chi connectivity index (χ1n) is 7.09. The second-order valence-corrected chi connectivity index (χ2v) is 5.83. The molecule has 0 saturated carbocycles. The number of esters is 2. The van der Waals surface area contributed by atoms with Crippen LogP contribution in [0.4, 0.5) is 0 Å². The smallest absolute Gasteiger partial charge is 0.363 e. The van der Waals surface area contributed by atoms with Crippen molar-refractivity contribution < 1.29 is 19.1 Å². The second-order valence-electron chi connectivity index (χ2n) is 4.98. The molecule has 5 nitrogen and oxygen atoms in total. The first-order valence-corrected chi connectivity index (χ1v) is 7.88. The van der Waals surface area contributed by atoms with Crippen LogP contribution in [0.5, 0.6) is 5.75 Å². The molecule has 0 N–H and O–H groups in total. The van der Waals surface area contributed by atoms with Crippen molar-refractivity contribution in [2.75, 3.05) is 0 Å². The topological polar surface area (TPSA) is 65.0 Å². The quantitative estimate of drug-likeness (QED) is 0.458. The molecule has 2 aromatic carbocycles. The van der Waals surface area contributed by atoms with Gasteiger partial charge in [-0.1, -0.05) is 34.1 Å². The van der Waals surface area contributed by atoms with E-state index in [2.05, 4.69) is 20.9 Å². The average molecular weight is 386 g/mol. The van der Waals surface area contributed by atoms with Crippen LogP contribution in [0.25, 0.3) is 6.08 Å². The van der Waals surface area contributed by atoms with Gasteiger partial charge in [-0.2, -0.15) is 0 Å². The number of aliphatic imine (C=N–C) groups is 1. The zero-order valence-corrected chi connectivity index (χ0v) is 14.2. The summed E-state index contributed by atoms with van der Waals surface area (Å²) in [5.74, 6) is -0.297. The molecular weight excluding hydrogens is 374 g/mol. The highest BCUT2D eigenvalue weighted by Gasteiger charge is 2.24. The minimum atomic E-state index is -0.529. The van der Waals surface area contributed by atoms with Gasteiger partial charge in [0.2, 0.25) is 5.90 Å². The first-order chi connectivity index (χ1) is 11.5. The molecule has 0 aromatic heterocycles. The van der Waals surface area contributed by atoms with E-state index in [9.17, 15) is 9.59 Å². The van der Waals surface area contributed by atoms with E-state index in [-0.39, 0.29) is 11.6 Å². The van der Waals surface area contributed by atoms with Crippen molar-refractivity contribution in [2.45, 2.75) is 6.92 Å². The van der Waals surface area contributed by atoms with E-state index in [4.69, 9.17) is 9.47 Å². The normalized spacial score (nSPS) is 15.2. The van der Waals surface area contributed by atoms with Gasteiger partial charge in [0.25, 0.3) is 0 Å². The lowest BCUT2D eigenvalue weighted by Gasteiger charge is -2.04. The summed E-state index contributed by atoms with van der Waals surface area (Å²) >= 11 is 3.40. The van der Waals surface area contributed by atoms with Crippen LogP contribution in [0, 0.1) is 0 Å². The van der Waals surface area contributed by atoms with Crippen LogP contribution in [-0.2, 0) is 14.3 Å². The molecule has 3 rings (SSSR count). The zero-order valence-electron chi connectivity index (χ0n) is 12.7. The van der Waals surface area contributed by atoms with Gasteiger partial charge in [0.1, 0.15) is 5.75 Å². The van der Waals surface area contributed by atoms with Crippen molar-refractivity contribution in [1.82, 2.24) is 0 Å². The van der Waals surface area contributed by atoms with E-state index in [1.165, 1.54) is 6.92 Å². The molecule has 2 aromatic rings. The number of halogens is 1. The average Bonchev–Trinajstić information content (AvgIpc) is 2.92. The molecular formula is C18H12BrNO4. The largest absolute Gasteiger partial charge is 0.427 e. The minimum Gasteiger partial charge on any atom is -0.427 e. The molecule has 0 unspecified atom stereocenters. The molecule has 0 saturated heterocycles. The van der Waals surface area contributed by atoms with Gasteiger partial charge in [-0.3, -0.25) is 4.79 Å². The van der Waals surface area contributed by atoms with Crippen LogP contribution in [0.3, 0.4) is 0 Å². The van der Waals surface area contributed by atoms with Crippen molar-refractivity contribution >= 4 is 39.8 Å². The summed E-state index contributed by atoms with van der Waals surface area (Å²) in [7, 11) is 0. The first kappa shape index (κ1) is 16.1. The Balaban J connectivity index is 1.95. The Morgan fingerprint density at radius 1 is 1.21 bits per heavy atom. The minimum absolute atomic E-state index is 0.175. The molecule has 0 bridgehead atoms. The Hall–Kier alpha value is -2.73. The lowest BCUT2D eigenvalue weighted by molar-refractivity contribution is -0.132. The third-order valence-corrected chi connectivity index (χ3v) is 3.88. The number of carbonyl (C=O) groups excluding carboxylic acids is 2. The van der Waals surface area contributed by atoms with E-state index in [0.717, 1.165) is 10.0 Å². The highest BCUT2D eigenvalue weighted by Crippen LogP contribution is 2.27. The molecule has 24 heavy (non-hydrogen) atoms. The summed E-state index contributed by atoms with van der Waals surface area (Å²) in [6.45, 7) is 1.32. The third kappa shape index (κ3) is 3.60. The summed E-state index contributed by atoms with van der Waals surface area (Å²) in [6, 6.07) is 14.2. The number of cyclic esters (lactones) is 1. The molecule has 1 aliphatic rings. The SMILES string of the molecule is CC(=O)Oc1ccc(Br)c(C=C2N=C(c3ccccc3)OC2=O)c1. The second kappa shape index (κ2) is 6.80. The number of rotatable bonds is 3. The number of nitrogens with zero attached hydrogens (tertiary/aromatic N) is 1. The Morgan fingerprint density at radius 2 is 1.96 bits per heavy atom. The van der Waals surface area contributed by atoms with Crippen molar-refractivity contribution in [3.63, 3.8) is 0 Å². The highest BCUT2D eigenvalue weighted by molar-refractivity contribution is 9.10. The van der Waals surface area contributed by atoms with Crippen LogP contribution in [0.15, 0.2) is 63.7 Å². The summed E-state index contributed by atoms with van der Waals surface area (Å²) in [5.41, 5.74) is 1.55. The number of carbonyl (C=O) groups is 2. The van der Waals surface area contributed by atoms with Gasteiger partial charge in [-0.25, -0.2) is 9.79 Å². The van der Waals surface area contributed by atoms with E-state index in [0.29, 0.717) is 11.3 Å². The highest BCUT2D eigenvalue weighted by atomic mass is 79.9. The molecule has 1 aliphatic heterocycles. The summed E-state index contributed by atoms with van der Waals surface area (Å²) in [5, 5.41) is 0. The van der Waals surface area contributed by atoms with Crippen LogP contribution in [-0.4, -0.2) is 17.8 Å². The molecule has 1 heterocycles. The van der Waals surface area contributed by atoms with Crippen LogP contribution >= 0.6 is 15.9 Å². The predicted octanol–water partition coefficient (Wildman–Crippen LogP) is 3.72. The molecule has 0 radical (unpaired) electrons. The van der Waals surface area contributed by atoms with E-state index in [1.54, 1.807) is 24.3 Å². The Morgan fingerprint density at radius 3 is 2.67 bits per heavy atom. The van der Waals surface area contributed by atoms with Gasteiger partial charge in [0.15, 0.2) is 5.70 Å². The monoisotopic (exact) mass is 385 g/mol.